The first kappa shape index (κ1) is 11.0. The number of rotatable bonds is 3. The molecule has 0 radical (unpaired) electrons. The number of phenols is 1. The number of hydrogen-bond acceptors (Lipinski definition) is 4. The average molecular weight is 235 g/mol. The second-order valence-electron chi connectivity index (χ2n) is 2.68. The molecule has 0 aliphatic carbocycles. The molecule has 1 N–H and O–H groups in total. The lowest BCUT2D eigenvalue weighted by Gasteiger charge is -2.02. The van der Waals surface area contributed by atoms with Gasteiger partial charge in [0.05, 0.1) is 5.75 Å². The summed E-state index contributed by atoms with van der Waals surface area (Å²) in [4.78, 5) is 10.5. The highest BCUT2D eigenvalue weighted by atomic mass is 35.7. The van der Waals surface area contributed by atoms with Gasteiger partial charge in [0.15, 0.2) is 0 Å². The van der Waals surface area contributed by atoms with Crippen molar-refractivity contribution in [2.24, 2.45) is 0 Å². The molecule has 6 heteroatoms. The van der Waals surface area contributed by atoms with E-state index in [-0.39, 0.29) is 16.9 Å². The van der Waals surface area contributed by atoms with Crippen molar-refractivity contribution in [2.45, 2.75) is 5.75 Å². The lowest BCUT2D eigenvalue weighted by atomic mass is 10.1. The summed E-state index contributed by atoms with van der Waals surface area (Å²) < 4.78 is 21.5. The van der Waals surface area contributed by atoms with Gasteiger partial charge < -0.3 is 5.11 Å². The summed E-state index contributed by atoms with van der Waals surface area (Å²) >= 11 is 0. The molecular weight excluding hydrogens is 228 g/mol. The van der Waals surface area contributed by atoms with E-state index in [1.165, 1.54) is 18.2 Å². The summed E-state index contributed by atoms with van der Waals surface area (Å²) in [6.45, 7) is 0. The molecule has 0 heterocycles. The Bertz CT molecular complexity index is 452. The molecule has 1 aromatic carbocycles. The van der Waals surface area contributed by atoms with Crippen LogP contribution in [0, 0.1) is 0 Å². The van der Waals surface area contributed by atoms with Crippen molar-refractivity contribution in [3.05, 3.63) is 29.3 Å². The number of carbonyl (C=O) groups is 1. The third-order valence-corrected chi connectivity index (χ3v) is 2.57. The molecule has 4 nitrogen and oxygen atoms in total. The minimum absolute atomic E-state index is 0.0946. The number of benzene rings is 1. The smallest absolute Gasteiger partial charge is 0.236 e. The number of phenolic OH excluding ortho intramolecular Hbond substituents is 1. The van der Waals surface area contributed by atoms with Crippen molar-refractivity contribution in [2.75, 3.05) is 0 Å². The van der Waals surface area contributed by atoms with E-state index < -0.39 is 14.8 Å². The number of aldehydes is 1. The summed E-state index contributed by atoms with van der Waals surface area (Å²) in [5.41, 5.74) is 0.391. The zero-order chi connectivity index (χ0) is 10.8. The van der Waals surface area contributed by atoms with Crippen LogP contribution in [0.4, 0.5) is 0 Å². The number of hydrogen-bond donors (Lipinski definition) is 1. The standard InChI is InChI=1S/C8H7ClO4S/c9-14(12,13)5-6-1-2-8(11)3-7(6)4-10/h1-4,11H,5H2. The van der Waals surface area contributed by atoms with Crippen molar-refractivity contribution in [1.82, 2.24) is 0 Å². The second kappa shape index (κ2) is 3.98. The Balaban J connectivity index is 3.15. The van der Waals surface area contributed by atoms with Crippen LogP contribution in [0.25, 0.3) is 0 Å². The highest BCUT2D eigenvalue weighted by Gasteiger charge is 2.11. The van der Waals surface area contributed by atoms with E-state index in [0.29, 0.717) is 6.29 Å². The molecule has 76 valence electrons. The minimum Gasteiger partial charge on any atom is -0.508 e. The predicted octanol–water partition coefficient (Wildman–Crippen LogP) is 1.27. The molecule has 0 aromatic heterocycles. The van der Waals surface area contributed by atoms with E-state index in [9.17, 15) is 13.2 Å². The van der Waals surface area contributed by atoms with Crippen LogP contribution in [0.3, 0.4) is 0 Å². The van der Waals surface area contributed by atoms with Gasteiger partial charge in [-0.2, -0.15) is 0 Å². The zero-order valence-corrected chi connectivity index (χ0v) is 8.55. The molecule has 0 atom stereocenters. The molecule has 0 unspecified atom stereocenters. The third-order valence-electron chi connectivity index (χ3n) is 1.58. The second-order valence-corrected chi connectivity index (χ2v) is 5.46. The first-order chi connectivity index (χ1) is 6.42. The van der Waals surface area contributed by atoms with E-state index in [1.807, 2.05) is 0 Å². The fourth-order valence-corrected chi connectivity index (χ4v) is 2.00. The van der Waals surface area contributed by atoms with Gasteiger partial charge in [-0.3, -0.25) is 4.79 Å². The minimum atomic E-state index is -3.69. The Kier molecular flexibility index (Phi) is 3.13. The SMILES string of the molecule is O=Cc1cc(O)ccc1CS(=O)(=O)Cl. The lowest BCUT2D eigenvalue weighted by molar-refractivity contribution is 0.112. The van der Waals surface area contributed by atoms with Gasteiger partial charge in [-0.15, -0.1) is 0 Å². The van der Waals surface area contributed by atoms with Crippen LogP contribution in [-0.2, 0) is 14.8 Å². The van der Waals surface area contributed by atoms with Crippen LogP contribution in [0.5, 0.6) is 5.75 Å². The largest absolute Gasteiger partial charge is 0.508 e. The van der Waals surface area contributed by atoms with E-state index in [2.05, 4.69) is 0 Å². The predicted molar refractivity (Wildman–Crippen MR) is 52.0 cm³/mol. The number of halogens is 1. The third kappa shape index (κ3) is 3.01. The Hall–Kier alpha value is -1.07. The van der Waals surface area contributed by atoms with Gasteiger partial charge in [-0.25, -0.2) is 8.42 Å². The van der Waals surface area contributed by atoms with Gasteiger partial charge in [0.1, 0.15) is 12.0 Å². The molecular formula is C8H7ClO4S. The highest BCUT2D eigenvalue weighted by Crippen LogP contribution is 2.18. The van der Waals surface area contributed by atoms with Crippen molar-refractivity contribution >= 4 is 26.0 Å². The van der Waals surface area contributed by atoms with E-state index >= 15 is 0 Å². The maximum Gasteiger partial charge on any atom is 0.236 e. The van der Waals surface area contributed by atoms with Crippen LogP contribution >= 0.6 is 10.7 Å². The van der Waals surface area contributed by atoms with Gasteiger partial charge in [-0.1, -0.05) is 6.07 Å². The van der Waals surface area contributed by atoms with Gasteiger partial charge >= 0.3 is 0 Å². The fraction of sp³-hybridized carbons (Fsp3) is 0.125. The molecule has 0 saturated heterocycles. The summed E-state index contributed by atoms with van der Waals surface area (Å²) in [5.74, 6) is -0.522. The summed E-state index contributed by atoms with van der Waals surface area (Å²) in [6.07, 6.45) is 0.469. The fourth-order valence-electron chi connectivity index (χ4n) is 1.01. The molecule has 0 aliphatic heterocycles. The van der Waals surface area contributed by atoms with Crippen LogP contribution < -0.4 is 0 Å². The summed E-state index contributed by atoms with van der Waals surface area (Å²) in [7, 11) is 1.34. The molecule has 1 rings (SSSR count). The molecule has 0 saturated carbocycles. The van der Waals surface area contributed by atoms with E-state index in [4.69, 9.17) is 15.8 Å². The van der Waals surface area contributed by atoms with E-state index in [0.717, 1.165) is 0 Å². The van der Waals surface area contributed by atoms with E-state index in [1.54, 1.807) is 0 Å². The molecule has 0 amide bonds. The normalized spacial score (nSPS) is 11.2. The van der Waals surface area contributed by atoms with Crippen LogP contribution in [0.1, 0.15) is 15.9 Å². The van der Waals surface area contributed by atoms with Crippen LogP contribution in [-0.4, -0.2) is 19.8 Å². The zero-order valence-electron chi connectivity index (χ0n) is 6.97. The first-order valence-corrected chi connectivity index (χ1v) is 6.09. The number of aromatic hydroxyl groups is 1. The molecule has 0 aliphatic rings. The molecule has 14 heavy (non-hydrogen) atoms. The first-order valence-electron chi connectivity index (χ1n) is 3.62. The quantitative estimate of drug-likeness (QED) is 0.632. The Morgan fingerprint density at radius 2 is 2.07 bits per heavy atom. The Labute approximate surface area is 85.5 Å². The van der Waals surface area contributed by atoms with Gasteiger partial charge in [0.2, 0.25) is 9.05 Å². The Morgan fingerprint density at radius 1 is 1.43 bits per heavy atom. The highest BCUT2D eigenvalue weighted by molar-refractivity contribution is 8.13. The molecule has 1 aromatic rings. The topological polar surface area (TPSA) is 71.4 Å². The molecule has 0 fully saturated rings. The maximum absolute atomic E-state index is 10.7. The maximum atomic E-state index is 10.7. The van der Waals surface area contributed by atoms with Crippen molar-refractivity contribution in [3.63, 3.8) is 0 Å². The van der Waals surface area contributed by atoms with Gasteiger partial charge in [0, 0.05) is 16.2 Å². The van der Waals surface area contributed by atoms with Crippen molar-refractivity contribution in [3.8, 4) is 5.75 Å². The van der Waals surface area contributed by atoms with Crippen molar-refractivity contribution < 1.29 is 18.3 Å². The monoisotopic (exact) mass is 234 g/mol. The average Bonchev–Trinajstić information content (AvgIpc) is 2.06. The summed E-state index contributed by atoms with van der Waals surface area (Å²) in [5, 5.41) is 9.03. The number of carbonyl (C=O) groups excluding carboxylic acids is 1. The Morgan fingerprint density at radius 3 is 2.57 bits per heavy atom. The molecule has 0 spiro atoms. The summed E-state index contributed by atoms with van der Waals surface area (Å²) in [6, 6.07) is 3.83. The van der Waals surface area contributed by atoms with Gasteiger partial charge in [-0.05, 0) is 17.7 Å². The van der Waals surface area contributed by atoms with Crippen LogP contribution in [0.2, 0.25) is 0 Å². The van der Waals surface area contributed by atoms with Gasteiger partial charge in [0.25, 0.3) is 0 Å². The molecule has 0 bridgehead atoms. The van der Waals surface area contributed by atoms with Crippen molar-refractivity contribution in [1.29, 1.82) is 0 Å². The lowest BCUT2D eigenvalue weighted by Crippen LogP contribution is -1.99. The van der Waals surface area contributed by atoms with Crippen LogP contribution in [0.15, 0.2) is 18.2 Å².